The van der Waals surface area contributed by atoms with Crippen molar-refractivity contribution in [3.63, 3.8) is 0 Å². The van der Waals surface area contributed by atoms with Crippen LogP contribution in [0.5, 0.6) is 5.75 Å². The van der Waals surface area contributed by atoms with E-state index in [1.54, 1.807) is 6.07 Å². The van der Waals surface area contributed by atoms with Crippen LogP contribution in [0.3, 0.4) is 0 Å². The van der Waals surface area contributed by atoms with E-state index in [-0.39, 0.29) is 29.2 Å². The van der Waals surface area contributed by atoms with Crippen LogP contribution in [0.15, 0.2) is 23.4 Å². The zero-order valence-corrected chi connectivity index (χ0v) is 13.6. The fourth-order valence-electron chi connectivity index (χ4n) is 2.16. The molecule has 1 amide bonds. The fourth-order valence-corrected chi connectivity index (χ4v) is 2.96. The number of ether oxygens (including phenoxy) is 1. The van der Waals surface area contributed by atoms with Gasteiger partial charge in [-0.3, -0.25) is 9.59 Å². The van der Waals surface area contributed by atoms with Crippen molar-refractivity contribution < 1.29 is 27.5 Å². The Morgan fingerprint density at radius 3 is 2.84 bits per heavy atom. The molecule has 0 saturated carbocycles. The van der Waals surface area contributed by atoms with Gasteiger partial charge in [0.15, 0.2) is 17.5 Å². The van der Waals surface area contributed by atoms with E-state index < -0.39 is 12.0 Å². The first-order valence-electron chi connectivity index (χ1n) is 6.95. The largest absolute Gasteiger partial charge is 0.482 e. The van der Waals surface area contributed by atoms with Crippen molar-refractivity contribution >= 4 is 29.1 Å². The van der Waals surface area contributed by atoms with Gasteiger partial charge in [-0.05, 0) is 18.2 Å². The number of halogens is 3. The van der Waals surface area contributed by atoms with Crippen LogP contribution in [0.25, 0.3) is 0 Å². The molecule has 0 unspecified atom stereocenters. The summed E-state index contributed by atoms with van der Waals surface area (Å²) in [6.07, 6.45) is -4.61. The number of ketones is 1. The first-order valence-corrected chi connectivity index (χ1v) is 7.93. The molecule has 1 aromatic heterocycles. The van der Waals surface area contributed by atoms with Gasteiger partial charge in [0.05, 0.1) is 11.4 Å². The smallest absolute Gasteiger partial charge is 0.451 e. The molecule has 2 heterocycles. The SMILES string of the molecule is Cn1c(SCC(=O)c2ccc3c(c2)NC(=O)CO3)nnc1C(F)(F)F. The van der Waals surface area contributed by atoms with E-state index in [9.17, 15) is 22.8 Å². The van der Waals surface area contributed by atoms with E-state index in [0.29, 0.717) is 17.0 Å². The molecule has 7 nitrogen and oxygen atoms in total. The highest BCUT2D eigenvalue weighted by atomic mass is 32.2. The van der Waals surface area contributed by atoms with Gasteiger partial charge in [0.2, 0.25) is 5.82 Å². The highest BCUT2D eigenvalue weighted by Gasteiger charge is 2.37. The molecule has 0 atom stereocenters. The summed E-state index contributed by atoms with van der Waals surface area (Å²) in [5.74, 6) is -1.46. The Labute approximate surface area is 143 Å². The lowest BCUT2D eigenvalue weighted by Crippen LogP contribution is -2.25. The predicted molar refractivity (Wildman–Crippen MR) is 81.6 cm³/mol. The van der Waals surface area contributed by atoms with Crippen molar-refractivity contribution in [1.82, 2.24) is 14.8 Å². The molecular weight excluding hydrogens is 361 g/mol. The average Bonchev–Trinajstić information content (AvgIpc) is 2.92. The first kappa shape index (κ1) is 17.3. The minimum atomic E-state index is -4.61. The summed E-state index contributed by atoms with van der Waals surface area (Å²) in [5.41, 5.74) is 0.681. The maximum absolute atomic E-state index is 12.7. The van der Waals surface area contributed by atoms with Gasteiger partial charge >= 0.3 is 6.18 Å². The Morgan fingerprint density at radius 1 is 1.40 bits per heavy atom. The Kier molecular flexibility index (Phi) is 4.41. The van der Waals surface area contributed by atoms with E-state index in [1.165, 1.54) is 19.2 Å². The van der Waals surface area contributed by atoms with Gasteiger partial charge in [0.1, 0.15) is 5.75 Å². The Balaban J connectivity index is 1.70. The van der Waals surface area contributed by atoms with Gasteiger partial charge in [-0.1, -0.05) is 11.8 Å². The van der Waals surface area contributed by atoms with E-state index in [0.717, 1.165) is 16.3 Å². The number of benzene rings is 1. The molecule has 1 N–H and O–H groups in total. The summed E-state index contributed by atoms with van der Waals surface area (Å²) in [4.78, 5) is 23.5. The monoisotopic (exact) mass is 372 g/mol. The number of hydrogen-bond acceptors (Lipinski definition) is 6. The quantitative estimate of drug-likeness (QED) is 0.654. The van der Waals surface area contributed by atoms with Gasteiger partial charge in [-0.2, -0.15) is 13.2 Å². The third-order valence-electron chi connectivity index (χ3n) is 3.36. The standard InChI is InChI=1S/C14H11F3N4O3S/c1-21-12(14(15,16)17)19-20-13(21)25-6-9(22)7-2-3-10-8(4-7)18-11(23)5-24-10/h2-4H,5-6H2,1H3,(H,18,23). The number of carbonyl (C=O) groups excluding carboxylic acids is 2. The molecule has 11 heteroatoms. The fraction of sp³-hybridized carbons (Fsp3) is 0.286. The van der Waals surface area contributed by atoms with Crippen molar-refractivity contribution in [1.29, 1.82) is 0 Å². The number of rotatable bonds is 4. The maximum Gasteiger partial charge on any atom is 0.451 e. The van der Waals surface area contributed by atoms with Crippen molar-refractivity contribution in [2.75, 3.05) is 17.7 Å². The van der Waals surface area contributed by atoms with Gasteiger partial charge in [0, 0.05) is 12.6 Å². The molecule has 132 valence electrons. The zero-order valence-electron chi connectivity index (χ0n) is 12.8. The van der Waals surface area contributed by atoms with Crippen molar-refractivity contribution in [3.8, 4) is 5.75 Å². The number of Topliss-reactive ketones (excluding diaryl/α,β-unsaturated/α-hetero) is 1. The number of nitrogens with one attached hydrogen (secondary N) is 1. The molecule has 1 aromatic carbocycles. The molecule has 0 saturated heterocycles. The number of thioether (sulfide) groups is 1. The molecule has 1 aliphatic heterocycles. The van der Waals surface area contributed by atoms with Gasteiger partial charge < -0.3 is 14.6 Å². The predicted octanol–water partition coefficient (Wildman–Crippen LogP) is 2.14. The molecule has 0 radical (unpaired) electrons. The van der Waals surface area contributed by atoms with E-state index in [1.807, 2.05) is 0 Å². The number of carbonyl (C=O) groups is 2. The molecule has 0 fully saturated rings. The van der Waals surface area contributed by atoms with Crippen molar-refractivity contribution in [2.45, 2.75) is 11.3 Å². The lowest BCUT2D eigenvalue weighted by molar-refractivity contribution is -0.147. The minimum absolute atomic E-state index is 0.0183. The second-order valence-electron chi connectivity index (χ2n) is 5.12. The summed E-state index contributed by atoms with van der Waals surface area (Å²) < 4.78 is 44.0. The van der Waals surface area contributed by atoms with Crippen molar-refractivity contribution in [3.05, 3.63) is 29.6 Å². The van der Waals surface area contributed by atoms with E-state index in [4.69, 9.17) is 4.74 Å². The van der Waals surface area contributed by atoms with Crippen LogP contribution in [0.1, 0.15) is 16.2 Å². The molecule has 0 spiro atoms. The topological polar surface area (TPSA) is 86.1 Å². The number of aromatic nitrogens is 3. The second-order valence-corrected chi connectivity index (χ2v) is 6.07. The van der Waals surface area contributed by atoms with Crippen LogP contribution in [0.2, 0.25) is 0 Å². The highest BCUT2D eigenvalue weighted by Crippen LogP contribution is 2.31. The molecule has 25 heavy (non-hydrogen) atoms. The number of nitrogens with zero attached hydrogens (tertiary/aromatic N) is 3. The summed E-state index contributed by atoms with van der Waals surface area (Å²) >= 11 is 0.846. The molecular formula is C14H11F3N4O3S. The van der Waals surface area contributed by atoms with Gasteiger partial charge in [-0.15, -0.1) is 10.2 Å². The van der Waals surface area contributed by atoms with Crippen LogP contribution < -0.4 is 10.1 Å². The zero-order chi connectivity index (χ0) is 18.2. The van der Waals surface area contributed by atoms with Crippen LogP contribution in [-0.4, -0.2) is 38.8 Å². The molecule has 0 bridgehead atoms. The van der Waals surface area contributed by atoms with Crippen LogP contribution in [0, 0.1) is 0 Å². The van der Waals surface area contributed by atoms with Gasteiger partial charge in [-0.25, -0.2) is 0 Å². The van der Waals surface area contributed by atoms with Crippen LogP contribution in [-0.2, 0) is 18.0 Å². The number of anilines is 1. The van der Waals surface area contributed by atoms with Crippen LogP contribution in [0.4, 0.5) is 18.9 Å². The van der Waals surface area contributed by atoms with E-state index in [2.05, 4.69) is 15.5 Å². The number of hydrogen-bond donors (Lipinski definition) is 1. The second kappa shape index (κ2) is 6.39. The normalized spacial score (nSPS) is 13.8. The van der Waals surface area contributed by atoms with Crippen molar-refractivity contribution in [2.24, 2.45) is 7.05 Å². The Bertz CT molecular complexity index is 850. The molecule has 3 rings (SSSR count). The first-order chi connectivity index (χ1) is 11.8. The molecule has 1 aliphatic rings. The summed E-state index contributed by atoms with van der Waals surface area (Å²) in [7, 11) is 1.18. The van der Waals surface area contributed by atoms with E-state index >= 15 is 0 Å². The molecule has 0 aliphatic carbocycles. The summed E-state index contributed by atoms with van der Waals surface area (Å²) in [5, 5.41) is 9.12. The number of amides is 1. The Hall–Kier alpha value is -2.56. The Morgan fingerprint density at radius 2 is 2.16 bits per heavy atom. The minimum Gasteiger partial charge on any atom is -0.482 e. The maximum atomic E-state index is 12.7. The lowest BCUT2D eigenvalue weighted by Gasteiger charge is -2.18. The highest BCUT2D eigenvalue weighted by molar-refractivity contribution is 7.99. The third-order valence-corrected chi connectivity index (χ3v) is 4.38. The molecule has 2 aromatic rings. The lowest BCUT2D eigenvalue weighted by atomic mass is 10.1. The summed E-state index contributed by atoms with van der Waals surface area (Å²) in [6, 6.07) is 4.54. The number of alkyl halides is 3. The van der Waals surface area contributed by atoms with Crippen LogP contribution >= 0.6 is 11.8 Å². The summed E-state index contributed by atoms with van der Waals surface area (Å²) in [6.45, 7) is -0.0934. The average molecular weight is 372 g/mol. The number of fused-ring (bicyclic) bond motifs is 1. The van der Waals surface area contributed by atoms with Gasteiger partial charge in [0.25, 0.3) is 5.91 Å². The third kappa shape index (κ3) is 3.60.